The standard InChI is InChI=1S/C13H19NO/c1-15-13-7-3-2-5-11(13)6-4-10-14-12-8-9-12/h2-3,5,7,12,14H,4,6,8-10H2,1H3. The Labute approximate surface area is 91.6 Å². The maximum absolute atomic E-state index is 5.32. The van der Waals surface area contributed by atoms with E-state index in [4.69, 9.17) is 4.74 Å². The third kappa shape index (κ3) is 3.24. The van der Waals surface area contributed by atoms with Gasteiger partial charge in [0, 0.05) is 6.04 Å². The van der Waals surface area contributed by atoms with Crippen molar-refractivity contribution in [2.24, 2.45) is 0 Å². The van der Waals surface area contributed by atoms with Gasteiger partial charge in [-0.25, -0.2) is 0 Å². The fourth-order valence-corrected chi connectivity index (χ4v) is 1.78. The van der Waals surface area contributed by atoms with Crippen LogP contribution in [0.15, 0.2) is 24.3 Å². The van der Waals surface area contributed by atoms with Crippen LogP contribution in [0.5, 0.6) is 5.75 Å². The van der Waals surface area contributed by atoms with Gasteiger partial charge in [0.2, 0.25) is 0 Å². The lowest BCUT2D eigenvalue weighted by Crippen LogP contribution is -2.17. The summed E-state index contributed by atoms with van der Waals surface area (Å²) in [5.74, 6) is 1.02. The van der Waals surface area contributed by atoms with Gasteiger partial charge in [-0.05, 0) is 43.9 Å². The zero-order chi connectivity index (χ0) is 10.5. The minimum absolute atomic E-state index is 0.822. The summed E-state index contributed by atoms with van der Waals surface area (Å²) in [5.41, 5.74) is 1.32. The molecule has 0 aromatic heterocycles. The molecule has 0 unspecified atom stereocenters. The zero-order valence-corrected chi connectivity index (χ0v) is 9.33. The van der Waals surface area contributed by atoms with Gasteiger partial charge < -0.3 is 10.1 Å². The Hall–Kier alpha value is -1.02. The molecule has 82 valence electrons. The summed E-state index contributed by atoms with van der Waals surface area (Å²) in [6.07, 6.45) is 5.03. The first-order valence-corrected chi connectivity index (χ1v) is 5.75. The number of nitrogens with one attached hydrogen (secondary N) is 1. The molecule has 0 spiro atoms. The first-order valence-electron chi connectivity index (χ1n) is 5.75. The van der Waals surface area contributed by atoms with Gasteiger partial charge in [0.05, 0.1) is 7.11 Å². The van der Waals surface area contributed by atoms with Crippen molar-refractivity contribution in [3.8, 4) is 5.75 Å². The number of aryl methyl sites for hydroxylation is 1. The van der Waals surface area contributed by atoms with Crippen molar-refractivity contribution >= 4 is 0 Å². The molecular weight excluding hydrogens is 186 g/mol. The lowest BCUT2D eigenvalue weighted by atomic mass is 10.1. The molecule has 0 amide bonds. The van der Waals surface area contributed by atoms with Crippen LogP contribution >= 0.6 is 0 Å². The Morgan fingerprint density at radius 1 is 1.33 bits per heavy atom. The van der Waals surface area contributed by atoms with Crippen molar-refractivity contribution in [1.82, 2.24) is 5.32 Å². The highest BCUT2D eigenvalue weighted by Gasteiger charge is 2.19. The van der Waals surface area contributed by atoms with E-state index in [9.17, 15) is 0 Å². The summed E-state index contributed by atoms with van der Waals surface area (Å²) < 4.78 is 5.32. The zero-order valence-electron chi connectivity index (χ0n) is 9.33. The molecule has 0 saturated heterocycles. The number of rotatable bonds is 6. The molecule has 1 aromatic rings. The molecule has 0 radical (unpaired) electrons. The van der Waals surface area contributed by atoms with Crippen molar-refractivity contribution in [2.75, 3.05) is 13.7 Å². The molecule has 0 aliphatic heterocycles. The molecule has 1 aromatic carbocycles. The predicted octanol–water partition coefficient (Wildman–Crippen LogP) is 2.38. The van der Waals surface area contributed by atoms with Crippen LogP contribution in [0.25, 0.3) is 0 Å². The largest absolute Gasteiger partial charge is 0.496 e. The van der Waals surface area contributed by atoms with Gasteiger partial charge in [0.15, 0.2) is 0 Å². The Bertz CT molecular complexity index is 307. The predicted molar refractivity (Wildman–Crippen MR) is 62.3 cm³/mol. The Kier molecular flexibility index (Phi) is 3.62. The number of hydrogen-bond acceptors (Lipinski definition) is 2. The minimum atomic E-state index is 0.822. The summed E-state index contributed by atoms with van der Waals surface area (Å²) in [5, 5.41) is 3.52. The van der Waals surface area contributed by atoms with Crippen molar-refractivity contribution in [1.29, 1.82) is 0 Å². The number of ether oxygens (including phenoxy) is 1. The highest BCUT2D eigenvalue weighted by molar-refractivity contribution is 5.33. The molecular formula is C13H19NO. The quantitative estimate of drug-likeness (QED) is 0.720. The molecule has 15 heavy (non-hydrogen) atoms. The van der Waals surface area contributed by atoms with E-state index < -0.39 is 0 Å². The second kappa shape index (κ2) is 5.17. The molecule has 0 bridgehead atoms. The van der Waals surface area contributed by atoms with E-state index in [1.54, 1.807) is 7.11 Å². The SMILES string of the molecule is COc1ccccc1CCCNC1CC1. The van der Waals surface area contributed by atoms with Crippen LogP contribution in [0.4, 0.5) is 0 Å². The number of hydrogen-bond donors (Lipinski definition) is 1. The summed E-state index contributed by atoms with van der Waals surface area (Å²) in [6, 6.07) is 9.10. The van der Waals surface area contributed by atoms with Crippen LogP contribution in [0.1, 0.15) is 24.8 Å². The third-order valence-corrected chi connectivity index (χ3v) is 2.83. The molecule has 1 saturated carbocycles. The highest BCUT2D eigenvalue weighted by atomic mass is 16.5. The van der Waals surface area contributed by atoms with E-state index in [1.165, 1.54) is 24.8 Å². The molecule has 2 nitrogen and oxygen atoms in total. The van der Waals surface area contributed by atoms with E-state index in [2.05, 4.69) is 17.4 Å². The molecule has 0 atom stereocenters. The fourth-order valence-electron chi connectivity index (χ4n) is 1.78. The highest BCUT2D eigenvalue weighted by Crippen LogP contribution is 2.20. The topological polar surface area (TPSA) is 21.3 Å². The van der Waals surface area contributed by atoms with E-state index >= 15 is 0 Å². The van der Waals surface area contributed by atoms with Gasteiger partial charge in [-0.15, -0.1) is 0 Å². The fraction of sp³-hybridized carbons (Fsp3) is 0.538. The van der Waals surface area contributed by atoms with Gasteiger partial charge in [0.1, 0.15) is 5.75 Å². The molecule has 1 N–H and O–H groups in total. The van der Waals surface area contributed by atoms with E-state index in [0.29, 0.717) is 0 Å². The number of benzene rings is 1. The molecule has 2 rings (SSSR count). The van der Waals surface area contributed by atoms with Crippen LogP contribution in [0.2, 0.25) is 0 Å². The second-order valence-electron chi connectivity index (χ2n) is 4.14. The molecule has 2 heteroatoms. The average Bonchev–Trinajstić information content (AvgIpc) is 3.09. The number of para-hydroxylation sites is 1. The Morgan fingerprint density at radius 2 is 2.13 bits per heavy atom. The van der Waals surface area contributed by atoms with Gasteiger partial charge in [-0.1, -0.05) is 18.2 Å². The molecule has 1 aliphatic carbocycles. The van der Waals surface area contributed by atoms with Crippen LogP contribution in [0.3, 0.4) is 0 Å². The monoisotopic (exact) mass is 205 g/mol. The number of methoxy groups -OCH3 is 1. The normalized spacial score (nSPS) is 15.3. The maximum atomic E-state index is 5.32. The summed E-state index contributed by atoms with van der Waals surface area (Å²) >= 11 is 0. The average molecular weight is 205 g/mol. The summed E-state index contributed by atoms with van der Waals surface area (Å²) in [4.78, 5) is 0. The first kappa shape index (κ1) is 10.5. The van der Waals surface area contributed by atoms with E-state index in [-0.39, 0.29) is 0 Å². The lowest BCUT2D eigenvalue weighted by Gasteiger charge is -2.08. The van der Waals surface area contributed by atoms with Gasteiger partial charge >= 0.3 is 0 Å². The second-order valence-corrected chi connectivity index (χ2v) is 4.14. The summed E-state index contributed by atoms with van der Waals surface area (Å²) in [6.45, 7) is 1.13. The van der Waals surface area contributed by atoms with Crippen molar-refractivity contribution in [3.05, 3.63) is 29.8 Å². The van der Waals surface area contributed by atoms with Crippen LogP contribution in [-0.2, 0) is 6.42 Å². The van der Waals surface area contributed by atoms with Crippen LogP contribution < -0.4 is 10.1 Å². The lowest BCUT2D eigenvalue weighted by molar-refractivity contribution is 0.409. The Morgan fingerprint density at radius 3 is 2.87 bits per heavy atom. The van der Waals surface area contributed by atoms with Crippen LogP contribution in [-0.4, -0.2) is 19.7 Å². The first-order chi connectivity index (χ1) is 7.40. The summed E-state index contributed by atoms with van der Waals surface area (Å²) in [7, 11) is 1.74. The van der Waals surface area contributed by atoms with E-state index in [0.717, 1.165) is 24.8 Å². The van der Waals surface area contributed by atoms with Crippen molar-refractivity contribution < 1.29 is 4.74 Å². The van der Waals surface area contributed by atoms with Gasteiger partial charge in [-0.2, -0.15) is 0 Å². The van der Waals surface area contributed by atoms with Crippen LogP contribution in [0, 0.1) is 0 Å². The van der Waals surface area contributed by atoms with Crippen molar-refractivity contribution in [2.45, 2.75) is 31.7 Å². The molecule has 1 aliphatic rings. The molecule has 0 heterocycles. The Balaban J connectivity index is 1.75. The molecule has 1 fully saturated rings. The third-order valence-electron chi connectivity index (χ3n) is 2.83. The van der Waals surface area contributed by atoms with Crippen molar-refractivity contribution in [3.63, 3.8) is 0 Å². The smallest absolute Gasteiger partial charge is 0.122 e. The maximum Gasteiger partial charge on any atom is 0.122 e. The van der Waals surface area contributed by atoms with Gasteiger partial charge in [0.25, 0.3) is 0 Å². The minimum Gasteiger partial charge on any atom is -0.496 e. The van der Waals surface area contributed by atoms with E-state index in [1.807, 2.05) is 12.1 Å². The van der Waals surface area contributed by atoms with Gasteiger partial charge in [-0.3, -0.25) is 0 Å².